The first kappa shape index (κ1) is 14.7. The van der Waals surface area contributed by atoms with E-state index in [4.69, 9.17) is 11.6 Å². The first-order valence-electron chi connectivity index (χ1n) is 7.48. The SMILES string of the molecule is CC(c1ccc(Cl)nn1)c1nnc(-c2cncc(C3CC3)c2)s1. The highest BCUT2D eigenvalue weighted by molar-refractivity contribution is 7.14. The minimum Gasteiger partial charge on any atom is -0.264 e. The van der Waals surface area contributed by atoms with Gasteiger partial charge in [0.05, 0.1) is 11.6 Å². The molecule has 4 rings (SSSR count). The van der Waals surface area contributed by atoms with Crippen LogP contribution in [-0.2, 0) is 0 Å². The van der Waals surface area contributed by atoms with Gasteiger partial charge in [-0.25, -0.2) is 0 Å². The van der Waals surface area contributed by atoms with Gasteiger partial charge in [0.15, 0.2) is 5.15 Å². The van der Waals surface area contributed by atoms with Gasteiger partial charge in [-0.15, -0.1) is 15.3 Å². The molecule has 0 aromatic carbocycles. The van der Waals surface area contributed by atoms with Crippen molar-refractivity contribution >= 4 is 22.9 Å². The van der Waals surface area contributed by atoms with E-state index in [0.29, 0.717) is 11.1 Å². The van der Waals surface area contributed by atoms with Crippen LogP contribution in [0.4, 0.5) is 0 Å². The minimum absolute atomic E-state index is 0.0330. The standard InChI is InChI=1S/C16H14ClN5S/c1-9(13-4-5-14(17)20-19-13)15-21-22-16(23-15)12-6-11(7-18-8-12)10-2-3-10/h4-10H,2-3H2,1H3. The summed E-state index contributed by atoms with van der Waals surface area (Å²) in [5.41, 5.74) is 3.17. The molecule has 3 aromatic rings. The second kappa shape index (κ2) is 5.94. The van der Waals surface area contributed by atoms with E-state index in [1.54, 1.807) is 17.4 Å². The summed E-state index contributed by atoms with van der Waals surface area (Å²) >= 11 is 7.36. The maximum Gasteiger partial charge on any atom is 0.151 e. The molecule has 1 unspecified atom stereocenters. The molecular weight excluding hydrogens is 330 g/mol. The largest absolute Gasteiger partial charge is 0.264 e. The molecule has 1 aliphatic carbocycles. The monoisotopic (exact) mass is 343 g/mol. The highest BCUT2D eigenvalue weighted by atomic mass is 35.5. The fourth-order valence-electron chi connectivity index (χ4n) is 2.42. The van der Waals surface area contributed by atoms with Gasteiger partial charge in [0.2, 0.25) is 0 Å². The van der Waals surface area contributed by atoms with Crippen molar-refractivity contribution in [3.63, 3.8) is 0 Å². The Morgan fingerprint density at radius 3 is 2.74 bits per heavy atom. The van der Waals surface area contributed by atoms with E-state index in [-0.39, 0.29) is 5.92 Å². The van der Waals surface area contributed by atoms with Crippen molar-refractivity contribution < 1.29 is 0 Å². The Hall–Kier alpha value is -1.92. The van der Waals surface area contributed by atoms with Crippen molar-refractivity contribution in [2.75, 3.05) is 0 Å². The molecule has 1 fully saturated rings. The minimum atomic E-state index is 0.0330. The number of hydrogen-bond donors (Lipinski definition) is 0. The topological polar surface area (TPSA) is 64.5 Å². The summed E-state index contributed by atoms with van der Waals surface area (Å²) in [7, 11) is 0. The molecule has 7 heteroatoms. The van der Waals surface area contributed by atoms with Gasteiger partial charge in [-0.2, -0.15) is 5.10 Å². The van der Waals surface area contributed by atoms with E-state index >= 15 is 0 Å². The third-order valence-corrected chi connectivity index (χ3v) is 5.32. The van der Waals surface area contributed by atoms with Crippen LogP contribution in [0.5, 0.6) is 0 Å². The van der Waals surface area contributed by atoms with E-state index in [2.05, 4.69) is 31.4 Å². The van der Waals surface area contributed by atoms with Crippen LogP contribution in [0.3, 0.4) is 0 Å². The van der Waals surface area contributed by atoms with E-state index in [1.807, 2.05) is 25.4 Å². The second-order valence-electron chi connectivity index (χ2n) is 5.73. The van der Waals surface area contributed by atoms with E-state index in [9.17, 15) is 0 Å². The Balaban J connectivity index is 1.61. The van der Waals surface area contributed by atoms with Gasteiger partial charge in [0.25, 0.3) is 0 Å². The first-order chi connectivity index (χ1) is 11.2. The third-order valence-electron chi connectivity index (χ3n) is 3.96. The maximum atomic E-state index is 5.79. The van der Waals surface area contributed by atoms with Crippen molar-refractivity contribution in [3.05, 3.63) is 52.0 Å². The number of pyridine rings is 1. The number of rotatable bonds is 4. The molecule has 0 N–H and O–H groups in total. The van der Waals surface area contributed by atoms with Crippen LogP contribution in [0.2, 0.25) is 5.15 Å². The van der Waals surface area contributed by atoms with Crippen molar-refractivity contribution in [1.82, 2.24) is 25.4 Å². The highest BCUT2D eigenvalue weighted by Crippen LogP contribution is 2.41. The number of hydrogen-bond acceptors (Lipinski definition) is 6. The molecule has 0 aliphatic heterocycles. The summed E-state index contributed by atoms with van der Waals surface area (Å²) in [6.07, 6.45) is 6.33. The van der Waals surface area contributed by atoms with Gasteiger partial charge in [0, 0.05) is 18.0 Å². The Kier molecular flexibility index (Phi) is 3.79. The van der Waals surface area contributed by atoms with E-state index in [0.717, 1.165) is 21.3 Å². The van der Waals surface area contributed by atoms with Gasteiger partial charge in [0.1, 0.15) is 10.0 Å². The lowest BCUT2D eigenvalue weighted by Crippen LogP contribution is -2.00. The van der Waals surface area contributed by atoms with Crippen LogP contribution in [0, 0.1) is 0 Å². The fraction of sp³-hybridized carbons (Fsp3) is 0.312. The highest BCUT2D eigenvalue weighted by Gasteiger charge is 2.24. The molecule has 0 saturated heterocycles. The summed E-state index contributed by atoms with van der Waals surface area (Å²) in [6.45, 7) is 2.04. The molecule has 1 atom stereocenters. The van der Waals surface area contributed by atoms with E-state index < -0.39 is 0 Å². The Bertz CT molecular complexity index is 828. The lowest BCUT2D eigenvalue weighted by Gasteiger charge is -2.05. The molecule has 1 saturated carbocycles. The number of aromatic nitrogens is 5. The molecule has 3 heterocycles. The summed E-state index contributed by atoms with van der Waals surface area (Å²) in [6, 6.07) is 5.80. The third kappa shape index (κ3) is 3.09. The zero-order valence-electron chi connectivity index (χ0n) is 12.5. The lowest BCUT2D eigenvalue weighted by molar-refractivity contribution is 0.799. The predicted molar refractivity (Wildman–Crippen MR) is 89.7 cm³/mol. The molecule has 116 valence electrons. The smallest absolute Gasteiger partial charge is 0.151 e. The molecule has 1 aliphatic rings. The fourth-order valence-corrected chi connectivity index (χ4v) is 3.41. The van der Waals surface area contributed by atoms with Crippen LogP contribution < -0.4 is 0 Å². The zero-order valence-corrected chi connectivity index (χ0v) is 14.1. The van der Waals surface area contributed by atoms with Crippen molar-refractivity contribution in [2.24, 2.45) is 0 Å². The quantitative estimate of drug-likeness (QED) is 0.714. The molecule has 0 bridgehead atoms. The summed E-state index contributed by atoms with van der Waals surface area (Å²) < 4.78 is 0. The summed E-state index contributed by atoms with van der Waals surface area (Å²) in [5.74, 6) is 0.712. The maximum absolute atomic E-state index is 5.79. The molecule has 0 amide bonds. The molecule has 0 spiro atoms. The van der Waals surface area contributed by atoms with Crippen LogP contribution in [-0.4, -0.2) is 25.4 Å². The van der Waals surface area contributed by atoms with Gasteiger partial charge in [-0.05, 0) is 42.5 Å². The van der Waals surface area contributed by atoms with Crippen molar-refractivity contribution in [3.8, 4) is 10.6 Å². The average molecular weight is 344 g/mol. The molecule has 5 nitrogen and oxygen atoms in total. The van der Waals surface area contributed by atoms with Crippen LogP contribution in [0.1, 0.15) is 47.9 Å². The van der Waals surface area contributed by atoms with Gasteiger partial charge < -0.3 is 0 Å². The Morgan fingerprint density at radius 2 is 2.00 bits per heavy atom. The van der Waals surface area contributed by atoms with Crippen molar-refractivity contribution in [1.29, 1.82) is 0 Å². The Labute approximate surface area is 142 Å². The van der Waals surface area contributed by atoms with Crippen LogP contribution >= 0.6 is 22.9 Å². The number of nitrogens with zero attached hydrogens (tertiary/aromatic N) is 5. The molecular formula is C16H14ClN5S. The summed E-state index contributed by atoms with van der Waals surface area (Å²) in [4.78, 5) is 4.35. The Morgan fingerprint density at radius 1 is 1.13 bits per heavy atom. The van der Waals surface area contributed by atoms with Gasteiger partial charge >= 0.3 is 0 Å². The normalized spacial score (nSPS) is 15.6. The lowest BCUT2D eigenvalue weighted by atomic mass is 10.1. The zero-order chi connectivity index (χ0) is 15.8. The van der Waals surface area contributed by atoms with Crippen LogP contribution in [0.25, 0.3) is 10.6 Å². The number of halogens is 1. The summed E-state index contributed by atoms with van der Waals surface area (Å²) in [5, 5.41) is 18.9. The molecule has 3 aromatic heterocycles. The van der Waals surface area contributed by atoms with Gasteiger partial charge in [-0.3, -0.25) is 4.98 Å². The van der Waals surface area contributed by atoms with Gasteiger partial charge in [-0.1, -0.05) is 29.9 Å². The predicted octanol–water partition coefficient (Wildman–Crippen LogP) is 4.07. The second-order valence-corrected chi connectivity index (χ2v) is 7.13. The average Bonchev–Trinajstić information content (AvgIpc) is 3.32. The molecule has 0 radical (unpaired) electrons. The van der Waals surface area contributed by atoms with E-state index in [1.165, 1.54) is 18.4 Å². The molecule has 23 heavy (non-hydrogen) atoms. The first-order valence-corrected chi connectivity index (χ1v) is 8.68. The van der Waals surface area contributed by atoms with Crippen molar-refractivity contribution in [2.45, 2.75) is 31.6 Å². The van der Waals surface area contributed by atoms with Crippen LogP contribution in [0.15, 0.2) is 30.6 Å².